The van der Waals surface area contributed by atoms with E-state index in [1.165, 1.54) is 25.1 Å². The molecule has 0 aliphatic carbocycles. The first kappa shape index (κ1) is 12.7. The first-order chi connectivity index (χ1) is 6.33. The van der Waals surface area contributed by atoms with Crippen molar-refractivity contribution in [1.29, 1.82) is 0 Å². The van der Waals surface area contributed by atoms with Crippen LogP contribution in [0.3, 0.4) is 0 Å². The summed E-state index contributed by atoms with van der Waals surface area (Å²) in [6.45, 7) is 10.5. The average molecular weight is 184 g/mol. The average Bonchev–Trinajstić information content (AvgIpc) is 2.20. The van der Waals surface area contributed by atoms with E-state index in [0.29, 0.717) is 0 Å². The van der Waals surface area contributed by atoms with E-state index in [-0.39, 0.29) is 0 Å². The van der Waals surface area contributed by atoms with E-state index in [1.54, 1.807) is 0 Å². The van der Waals surface area contributed by atoms with Gasteiger partial charge in [0.1, 0.15) is 0 Å². The maximum absolute atomic E-state index is 5.43. The Labute approximate surface area is 82.8 Å². The van der Waals surface area contributed by atoms with Crippen LogP contribution >= 0.6 is 0 Å². The van der Waals surface area contributed by atoms with Gasteiger partial charge in [-0.15, -0.1) is 0 Å². The monoisotopic (exact) mass is 184 g/mol. The third kappa shape index (κ3) is 5.83. The molecule has 0 aromatic carbocycles. The van der Waals surface area contributed by atoms with Crippen LogP contribution in [0.25, 0.3) is 0 Å². The van der Waals surface area contributed by atoms with Gasteiger partial charge in [0.15, 0.2) is 0 Å². The molecular weight excluding hydrogens is 160 g/mol. The largest absolute Gasteiger partial charge is 0.330 e. The SMILES string of the molecule is CC.CC1=CCN(CCCN)CC1. The quantitative estimate of drug-likeness (QED) is 0.680. The van der Waals surface area contributed by atoms with Gasteiger partial charge in [0.2, 0.25) is 0 Å². The zero-order valence-electron chi connectivity index (χ0n) is 9.34. The van der Waals surface area contributed by atoms with E-state index in [9.17, 15) is 0 Å². The van der Waals surface area contributed by atoms with Gasteiger partial charge in [-0.05, 0) is 32.9 Å². The fourth-order valence-electron chi connectivity index (χ4n) is 1.33. The third-order valence-corrected chi connectivity index (χ3v) is 2.20. The van der Waals surface area contributed by atoms with Crippen LogP contribution in [0.5, 0.6) is 0 Å². The van der Waals surface area contributed by atoms with Crippen LogP contribution in [0, 0.1) is 0 Å². The molecule has 0 aromatic rings. The zero-order valence-corrected chi connectivity index (χ0v) is 9.34. The van der Waals surface area contributed by atoms with E-state index in [0.717, 1.165) is 19.5 Å². The normalized spacial score (nSPS) is 17.4. The molecule has 0 amide bonds. The fourth-order valence-corrected chi connectivity index (χ4v) is 1.33. The van der Waals surface area contributed by atoms with E-state index in [2.05, 4.69) is 17.9 Å². The summed E-state index contributed by atoms with van der Waals surface area (Å²) in [7, 11) is 0. The van der Waals surface area contributed by atoms with Gasteiger partial charge in [0.25, 0.3) is 0 Å². The Kier molecular flexibility index (Phi) is 8.05. The Hall–Kier alpha value is -0.340. The highest BCUT2D eigenvalue weighted by atomic mass is 15.1. The molecule has 1 aliphatic heterocycles. The molecule has 78 valence electrons. The van der Waals surface area contributed by atoms with Gasteiger partial charge >= 0.3 is 0 Å². The second-order valence-corrected chi connectivity index (χ2v) is 3.24. The molecule has 0 bridgehead atoms. The molecule has 0 fully saturated rings. The molecule has 0 atom stereocenters. The van der Waals surface area contributed by atoms with Gasteiger partial charge in [-0.1, -0.05) is 25.5 Å². The lowest BCUT2D eigenvalue weighted by Gasteiger charge is -2.24. The van der Waals surface area contributed by atoms with Crippen LogP contribution in [0.1, 0.15) is 33.6 Å². The first-order valence-corrected chi connectivity index (χ1v) is 5.41. The van der Waals surface area contributed by atoms with Crippen molar-refractivity contribution in [3.63, 3.8) is 0 Å². The van der Waals surface area contributed by atoms with E-state index in [1.807, 2.05) is 13.8 Å². The van der Waals surface area contributed by atoms with E-state index in [4.69, 9.17) is 5.73 Å². The topological polar surface area (TPSA) is 29.3 Å². The summed E-state index contributed by atoms with van der Waals surface area (Å²) < 4.78 is 0. The van der Waals surface area contributed by atoms with E-state index >= 15 is 0 Å². The Bertz CT molecular complexity index is 141. The molecular formula is C11H24N2. The lowest BCUT2D eigenvalue weighted by molar-refractivity contribution is 0.292. The van der Waals surface area contributed by atoms with Gasteiger partial charge < -0.3 is 5.73 Å². The highest BCUT2D eigenvalue weighted by molar-refractivity contribution is 5.03. The minimum Gasteiger partial charge on any atom is -0.330 e. The summed E-state index contributed by atoms with van der Waals surface area (Å²) in [4.78, 5) is 2.46. The van der Waals surface area contributed by atoms with Crippen LogP contribution in [-0.2, 0) is 0 Å². The summed E-state index contributed by atoms with van der Waals surface area (Å²) in [6.07, 6.45) is 4.69. The Balaban J connectivity index is 0.000000671. The number of rotatable bonds is 3. The molecule has 0 radical (unpaired) electrons. The number of hydrogen-bond acceptors (Lipinski definition) is 2. The summed E-state index contributed by atoms with van der Waals surface area (Å²) >= 11 is 0. The van der Waals surface area contributed by atoms with Crippen molar-refractivity contribution >= 4 is 0 Å². The number of nitrogens with two attached hydrogens (primary N) is 1. The molecule has 2 heteroatoms. The smallest absolute Gasteiger partial charge is 0.0165 e. The van der Waals surface area contributed by atoms with Crippen molar-refractivity contribution in [2.45, 2.75) is 33.6 Å². The van der Waals surface area contributed by atoms with Gasteiger partial charge in [-0.2, -0.15) is 0 Å². The molecule has 13 heavy (non-hydrogen) atoms. The van der Waals surface area contributed by atoms with Gasteiger partial charge in [-0.25, -0.2) is 0 Å². The predicted octanol–water partition coefficient (Wildman–Crippen LogP) is 2.01. The predicted molar refractivity (Wildman–Crippen MR) is 59.8 cm³/mol. The summed E-state index contributed by atoms with van der Waals surface area (Å²) in [6, 6.07) is 0. The molecule has 1 rings (SSSR count). The van der Waals surface area contributed by atoms with Crippen molar-refractivity contribution in [2.75, 3.05) is 26.2 Å². The van der Waals surface area contributed by atoms with Crippen LogP contribution < -0.4 is 5.73 Å². The molecule has 2 nitrogen and oxygen atoms in total. The van der Waals surface area contributed by atoms with Gasteiger partial charge in [0, 0.05) is 13.1 Å². The van der Waals surface area contributed by atoms with Crippen LogP contribution in [0.4, 0.5) is 0 Å². The fraction of sp³-hybridized carbons (Fsp3) is 0.818. The molecule has 0 saturated carbocycles. The number of hydrogen-bond donors (Lipinski definition) is 1. The Morgan fingerprint density at radius 1 is 1.46 bits per heavy atom. The van der Waals surface area contributed by atoms with Crippen molar-refractivity contribution in [2.24, 2.45) is 5.73 Å². The maximum atomic E-state index is 5.43. The Morgan fingerprint density at radius 2 is 2.15 bits per heavy atom. The van der Waals surface area contributed by atoms with Crippen LogP contribution in [0.15, 0.2) is 11.6 Å². The summed E-state index contributed by atoms with van der Waals surface area (Å²) in [5.41, 5.74) is 6.97. The highest BCUT2D eigenvalue weighted by Gasteiger charge is 2.07. The molecule has 0 saturated heterocycles. The molecule has 1 aliphatic rings. The molecule has 0 spiro atoms. The molecule has 0 aromatic heterocycles. The maximum Gasteiger partial charge on any atom is 0.0165 e. The number of nitrogens with zero attached hydrogens (tertiary/aromatic N) is 1. The lowest BCUT2D eigenvalue weighted by atomic mass is 10.1. The van der Waals surface area contributed by atoms with Crippen molar-refractivity contribution < 1.29 is 0 Å². The molecule has 2 N–H and O–H groups in total. The lowest BCUT2D eigenvalue weighted by Crippen LogP contribution is -2.30. The first-order valence-electron chi connectivity index (χ1n) is 5.41. The van der Waals surface area contributed by atoms with Crippen molar-refractivity contribution in [1.82, 2.24) is 4.90 Å². The van der Waals surface area contributed by atoms with E-state index < -0.39 is 0 Å². The van der Waals surface area contributed by atoms with Crippen molar-refractivity contribution in [3.05, 3.63) is 11.6 Å². The standard InChI is InChI=1S/C9H18N2.C2H6/c1-9-3-7-11(8-4-9)6-2-5-10;1-2/h3H,2,4-8,10H2,1H3;1-2H3. The third-order valence-electron chi connectivity index (χ3n) is 2.20. The van der Waals surface area contributed by atoms with Gasteiger partial charge in [0.05, 0.1) is 0 Å². The van der Waals surface area contributed by atoms with Gasteiger partial charge in [-0.3, -0.25) is 4.90 Å². The second kappa shape index (κ2) is 8.27. The van der Waals surface area contributed by atoms with Crippen LogP contribution in [-0.4, -0.2) is 31.1 Å². The Morgan fingerprint density at radius 3 is 2.62 bits per heavy atom. The minimum atomic E-state index is 0.819. The summed E-state index contributed by atoms with van der Waals surface area (Å²) in [5.74, 6) is 0. The molecule has 1 heterocycles. The second-order valence-electron chi connectivity index (χ2n) is 3.24. The minimum absolute atomic E-state index is 0.819. The van der Waals surface area contributed by atoms with Crippen LogP contribution in [0.2, 0.25) is 0 Å². The highest BCUT2D eigenvalue weighted by Crippen LogP contribution is 2.08. The van der Waals surface area contributed by atoms with Crippen molar-refractivity contribution in [3.8, 4) is 0 Å². The molecule has 0 unspecified atom stereocenters. The summed E-state index contributed by atoms with van der Waals surface area (Å²) in [5, 5.41) is 0. The zero-order chi connectivity index (χ0) is 10.1.